The van der Waals surface area contributed by atoms with Gasteiger partial charge in [-0.25, -0.2) is 8.42 Å². The molecule has 94 valence electrons. The Morgan fingerprint density at radius 2 is 2.06 bits per heavy atom. The largest absolute Gasteiger partial charge is 0.343 e. The fraction of sp³-hybridized carbons (Fsp3) is 0.444. The maximum Gasteiger partial charge on any atom is 0.253 e. The standard InChI is InChI=1S/C9H11ClN2O3S2/c1-11-4-5-12(6-8(11)13)17(14,15)9-3-2-7(10)16-9/h2-3H,4-6H2,1H3. The number of nitrogens with zero attached hydrogens (tertiary/aromatic N) is 2. The minimum absolute atomic E-state index is 0.103. The van der Waals surface area contributed by atoms with Crippen LogP contribution in [0.5, 0.6) is 0 Å². The lowest BCUT2D eigenvalue weighted by Gasteiger charge is -2.30. The second-order valence-electron chi connectivity index (χ2n) is 3.71. The molecule has 1 saturated heterocycles. The summed E-state index contributed by atoms with van der Waals surface area (Å²) in [4.78, 5) is 13.0. The van der Waals surface area contributed by atoms with Gasteiger partial charge in [-0.05, 0) is 12.1 Å². The average molecular weight is 295 g/mol. The van der Waals surface area contributed by atoms with Crippen LogP contribution in [0, 0.1) is 0 Å². The van der Waals surface area contributed by atoms with E-state index in [4.69, 9.17) is 11.6 Å². The van der Waals surface area contributed by atoms with Crippen LogP contribution in [0.15, 0.2) is 16.3 Å². The molecule has 8 heteroatoms. The third-order valence-electron chi connectivity index (χ3n) is 2.56. The number of halogens is 1. The van der Waals surface area contributed by atoms with E-state index in [0.29, 0.717) is 17.4 Å². The smallest absolute Gasteiger partial charge is 0.253 e. The number of amides is 1. The third kappa shape index (κ3) is 2.47. The summed E-state index contributed by atoms with van der Waals surface area (Å²) in [6, 6.07) is 3.00. The number of thiophene rings is 1. The molecule has 1 aromatic rings. The molecule has 0 N–H and O–H groups in total. The fourth-order valence-electron chi connectivity index (χ4n) is 1.51. The Hall–Kier alpha value is -0.630. The molecular weight excluding hydrogens is 284 g/mol. The Morgan fingerprint density at radius 3 is 2.59 bits per heavy atom. The number of hydrogen-bond acceptors (Lipinski definition) is 4. The summed E-state index contributed by atoms with van der Waals surface area (Å²) in [6.07, 6.45) is 0. The van der Waals surface area contributed by atoms with Gasteiger partial charge in [-0.2, -0.15) is 4.31 Å². The van der Waals surface area contributed by atoms with Crippen molar-refractivity contribution < 1.29 is 13.2 Å². The summed E-state index contributed by atoms with van der Waals surface area (Å²) in [7, 11) is -1.92. The van der Waals surface area contributed by atoms with Crippen molar-refractivity contribution in [1.82, 2.24) is 9.21 Å². The van der Waals surface area contributed by atoms with Crippen LogP contribution in [0.2, 0.25) is 4.34 Å². The van der Waals surface area contributed by atoms with Crippen LogP contribution < -0.4 is 0 Å². The highest BCUT2D eigenvalue weighted by Gasteiger charge is 2.32. The van der Waals surface area contributed by atoms with Crippen LogP contribution in [0.4, 0.5) is 0 Å². The highest BCUT2D eigenvalue weighted by atomic mass is 35.5. The van der Waals surface area contributed by atoms with Crippen molar-refractivity contribution in [1.29, 1.82) is 0 Å². The molecule has 1 fully saturated rings. The van der Waals surface area contributed by atoms with Gasteiger partial charge in [0.1, 0.15) is 4.21 Å². The normalized spacial score (nSPS) is 18.7. The molecule has 1 aliphatic rings. The molecule has 1 aliphatic heterocycles. The molecule has 0 saturated carbocycles. The van der Waals surface area contributed by atoms with E-state index in [1.54, 1.807) is 7.05 Å². The molecule has 0 spiro atoms. The van der Waals surface area contributed by atoms with Gasteiger partial charge in [0.25, 0.3) is 10.0 Å². The Morgan fingerprint density at radius 1 is 1.35 bits per heavy atom. The Balaban J connectivity index is 2.25. The van der Waals surface area contributed by atoms with Crippen molar-refractivity contribution in [2.45, 2.75) is 4.21 Å². The van der Waals surface area contributed by atoms with Crippen molar-refractivity contribution in [2.24, 2.45) is 0 Å². The molecule has 2 rings (SSSR count). The lowest BCUT2D eigenvalue weighted by Crippen LogP contribution is -2.50. The van der Waals surface area contributed by atoms with E-state index in [1.807, 2.05) is 0 Å². The van der Waals surface area contributed by atoms with Crippen molar-refractivity contribution >= 4 is 38.9 Å². The molecule has 1 amide bonds. The number of hydrogen-bond donors (Lipinski definition) is 0. The molecule has 0 bridgehead atoms. The van der Waals surface area contributed by atoms with Gasteiger partial charge in [0.15, 0.2) is 0 Å². The first-order valence-electron chi connectivity index (χ1n) is 4.91. The van der Waals surface area contributed by atoms with E-state index in [2.05, 4.69) is 0 Å². The summed E-state index contributed by atoms with van der Waals surface area (Å²) in [5, 5.41) is 0. The molecule has 0 atom stereocenters. The number of piperazine rings is 1. The summed E-state index contributed by atoms with van der Waals surface area (Å²) < 4.78 is 26.1. The van der Waals surface area contributed by atoms with Crippen LogP contribution in [0.1, 0.15) is 0 Å². The van der Waals surface area contributed by atoms with Crippen LogP contribution >= 0.6 is 22.9 Å². The predicted octanol–water partition coefficient (Wildman–Crippen LogP) is 0.864. The maximum atomic E-state index is 12.2. The summed E-state index contributed by atoms with van der Waals surface area (Å²) >= 11 is 6.72. The van der Waals surface area contributed by atoms with Gasteiger partial charge in [-0.3, -0.25) is 4.79 Å². The first-order chi connectivity index (χ1) is 7.91. The van der Waals surface area contributed by atoms with E-state index in [1.165, 1.54) is 21.3 Å². The van der Waals surface area contributed by atoms with Crippen molar-refractivity contribution in [3.63, 3.8) is 0 Å². The van der Waals surface area contributed by atoms with Crippen LogP contribution in [-0.4, -0.2) is 50.2 Å². The lowest BCUT2D eigenvalue weighted by molar-refractivity contribution is -0.132. The van der Waals surface area contributed by atoms with Gasteiger partial charge in [0, 0.05) is 20.1 Å². The van der Waals surface area contributed by atoms with Gasteiger partial charge in [-0.1, -0.05) is 11.6 Å². The summed E-state index contributed by atoms with van der Waals surface area (Å²) in [6.45, 7) is 0.631. The molecule has 17 heavy (non-hydrogen) atoms. The maximum absolute atomic E-state index is 12.2. The SMILES string of the molecule is CN1CCN(S(=O)(=O)c2ccc(Cl)s2)CC1=O. The van der Waals surface area contributed by atoms with E-state index >= 15 is 0 Å². The highest BCUT2D eigenvalue weighted by molar-refractivity contribution is 7.91. The molecule has 0 aromatic carbocycles. The molecule has 0 unspecified atom stereocenters. The number of sulfonamides is 1. The Bertz CT molecular complexity index is 540. The van der Waals surface area contributed by atoms with Crippen molar-refractivity contribution in [3.8, 4) is 0 Å². The van der Waals surface area contributed by atoms with E-state index in [9.17, 15) is 13.2 Å². The summed E-state index contributed by atoms with van der Waals surface area (Å²) in [5.41, 5.74) is 0. The molecule has 2 heterocycles. The number of carbonyl (C=O) groups is 1. The first-order valence-corrected chi connectivity index (χ1v) is 7.54. The summed E-state index contributed by atoms with van der Waals surface area (Å²) in [5.74, 6) is -0.192. The first kappa shape index (κ1) is 12.8. The van der Waals surface area contributed by atoms with Crippen LogP contribution in [0.3, 0.4) is 0 Å². The molecule has 0 aliphatic carbocycles. The van der Waals surface area contributed by atoms with Gasteiger partial charge < -0.3 is 4.90 Å². The fourth-order valence-corrected chi connectivity index (χ4v) is 4.52. The zero-order chi connectivity index (χ0) is 12.6. The van der Waals surface area contributed by atoms with Crippen LogP contribution in [-0.2, 0) is 14.8 Å². The van der Waals surface area contributed by atoms with E-state index in [0.717, 1.165) is 11.3 Å². The molecule has 0 radical (unpaired) electrons. The van der Waals surface area contributed by atoms with Gasteiger partial charge in [0.2, 0.25) is 5.91 Å². The van der Waals surface area contributed by atoms with Crippen molar-refractivity contribution in [3.05, 3.63) is 16.5 Å². The Labute approximate surface area is 109 Å². The van der Waals surface area contributed by atoms with Crippen molar-refractivity contribution in [2.75, 3.05) is 26.7 Å². The zero-order valence-electron chi connectivity index (χ0n) is 9.09. The molecule has 1 aromatic heterocycles. The minimum Gasteiger partial charge on any atom is -0.343 e. The second kappa shape index (κ2) is 4.56. The number of carbonyl (C=O) groups excluding carboxylic acids is 1. The topological polar surface area (TPSA) is 57.7 Å². The second-order valence-corrected chi connectivity index (χ2v) is 7.59. The van der Waals surface area contributed by atoms with E-state index < -0.39 is 10.0 Å². The molecule has 5 nitrogen and oxygen atoms in total. The predicted molar refractivity (Wildman–Crippen MR) is 65.7 cm³/mol. The monoisotopic (exact) mass is 294 g/mol. The van der Waals surface area contributed by atoms with Crippen LogP contribution in [0.25, 0.3) is 0 Å². The van der Waals surface area contributed by atoms with Gasteiger partial charge in [-0.15, -0.1) is 11.3 Å². The average Bonchev–Trinajstić information content (AvgIpc) is 2.69. The Kier molecular flexibility index (Phi) is 3.44. The minimum atomic E-state index is -3.58. The van der Waals surface area contributed by atoms with Gasteiger partial charge >= 0.3 is 0 Å². The van der Waals surface area contributed by atoms with E-state index in [-0.39, 0.29) is 16.7 Å². The molecular formula is C9H11ClN2O3S2. The third-order valence-corrected chi connectivity index (χ3v) is 6.11. The quantitative estimate of drug-likeness (QED) is 0.813. The number of likely N-dealkylation sites (N-methyl/N-ethyl adjacent to an activating group) is 1. The lowest BCUT2D eigenvalue weighted by atomic mass is 10.4. The van der Waals surface area contributed by atoms with Gasteiger partial charge in [0.05, 0.1) is 10.9 Å². The zero-order valence-corrected chi connectivity index (χ0v) is 11.5. The number of rotatable bonds is 2. The highest BCUT2D eigenvalue weighted by Crippen LogP contribution is 2.28.